The van der Waals surface area contributed by atoms with Crippen LogP contribution in [-0.4, -0.2) is 35.4 Å². The van der Waals surface area contributed by atoms with Crippen molar-refractivity contribution in [2.45, 2.75) is 209 Å². The normalized spacial score (nSPS) is 19.3. The van der Waals surface area contributed by atoms with Crippen LogP contribution in [0.4, 0.5) is 0 Å². The summed E-state index contributed by atoms with van der Waals surface area (Å²) in [4.78, 5) is 16.5. The van der Waals surface area contributed by atoms with Crippen LogP contribution in [0.2, 0.25) is 0 Å². The molecule has 0 bridgehead atoms. The zero-order valence-corrected chi connectivity index (χ0v) is 45.4. The minimum Gasteiger partial charge on any atom is -0.324 e. The number of aryl methyl sites for hydroxylation is 4. The van der Waals surface area contributed by atoms with E-state index >= 15 is 0 Å². The predicted molar refractivity (Wildman–Crippen MR) is 295 cm³/mol. The van der Waals surface area contributed by atoms with Crippen molar-refractivity contribution in [3.05, 3.63) is 129 Å². The number of benzene rings is 4. The molecule has 7 heteroatoms. The van der Waals surface area contributed by atoms with Gasteiger partial charge in [-0.15, -0.1) is 23.5 Å². The highest BCUT2D eigenvalue weighted by atomic mass is 32.2. The average molecular weight is 968 g/mol. The van der Waals surface area contributed by atoms with E-state index in [0.717, 1.165) is 56.6 Å². The monoisotopic (exact) mass is 967 g/mol. The molecule has 0 fully saturated rings. The predicted octanol–water partition coefficient (Wildman–Crippen LogP) is 17.1. The fraction of sp³-hybridized carbons (Fsp3) is 0.565. The highest BCUT2D eigenvalue weighted by Crippen LogP contribution is 2.53. The Bertz CT molecular complexity index is 2240. The molecule has 1 amide bonds. The van der Waals surface area contributed by atoms with Gasteiger partial charge in [0.15, 0.2) is 12.4 Å². The number of hydrogen-bond donors (Lipinski definition) is 1. The average Bonchev–Trinajstić information content (AvgIpc) is 3.34. The van der Waals surface area contributed by atoms with Gasteiger partial charge < -0.3 is 5.32 Å². The maximum Gasteiger partial charge on any atom is 0.235 e. The van der Waals surface area contributed by atoms with E-state index < -0.39 is 0 Å². The summed E-state index contributed by atoms with van der Waals surface area (Å²) in [5, 5.41) is 20.6. The minimum absolute atomic E-state index is 0.00330. The number of thioether (sulfide) groups is 2. The van der Waals surface area contributed by atoms with Crippen LogP contribution >= 0.6 is 23.5 Å². The number of unbranched alkanes of at least 4 members (excludes halogenated alkanes) is 14. The fourth-order valence-electron chi connectivity index (χ4n) is 10.7. The van der Waals surface area contributed by atoms with E-state index in [9.17, 15) is 10.1 Å². The van der Waals surface area contributed by atoms with Gasteiger partial charge >= 0.3 is 0 Å². The fourth-order valence-corrected chi connectivity index (χ4v) is 13.7. The molecule has 0 aromatic heterocycles. The first-order valence-electron chi connectivity index (χ1n) is 26.9. The minimum atomic E-state index is -0.00330. The maximum absolute atomic E-state index is 12.2. The third-order valence-corrected chi connectivity index (χ3v) is 18.1. The Hall–Kier alpha value is -4.17. The molecular weight excluding hydrogens is 881 g/mol. The van der Waals surface area contributed by atoms with Crippen LogP contribution in [0.15, 0.2) is 94.7 Å². The Morgan fingerprint density at radius 1 is 0.580 bits per heavy atom. The van der Waals surface area contributed by atoms with Gasteiger partial charge in [0.1, 0.15) is 0 Å². The topological polar surface area (TPSA) is 79.9 Å². The Morgan fingerprint density at radius 2 is 1.00 bits per heavy atom. The lowest BCUT2D eigenvalue weighted by Crippen LogP contribution is -2.36. The molecule has 4 aromatic rings. The van der Waals surface area contributed by atoms with E-state index in [4.69, 9.17) is 5.26 Å². The summed E-state index contributed by atoms with van der Waals surface area (Å²) >= 11 is 4.08. The number of nitrogens with zero attached hydrogens (tertiary/aromatic N) is 3. The van der Waals surface area contributed by atoms with Crippen LogP contribution in [0.25, 0.3) is 0 Å². The van der Waals surface area contributed by atoms with E-state index in [-0.39, 0.29) is 16.7 Å². The van der Waals surface area contributed by atoms with Gasteiger partial charge in [0.2, 0.25) is 5.91 Å². The van der Waals surface area contributed by atoms with Gasteiger partial charge in [0.25, 0.3) is 0 Å². The van der Waals surface area contributed by atoms with Gasteiger partial charge in [-0.05, 0) is 106 Å². The molecular formula is C62H86N4OS2. The second-order valence-electron chi connectivity index (χ2n) is 21.0. The quantitative estimate of drug-likeness (QED) is 0.0384. The van der Waals surface area contributed by atoms with E-state index in [0.29, 0.717) is 24.8 Å². The van der Waals surface area contributed by atoms with Crippen LogP contribution in [0, 0.1) is 50.6 Å². The Balaban J connectivity index is 0.000000263. The lowest BCUT2D eigenvalue weighted by Gasteiger charge is -2.43. The van der Waals surface area contributed by atoms with Gasteiger partial charge in [0.05, 0.1) is 0 Å². The Kier molecular flexibility index (Phi) is 23.6. The highest BCUT2D eigenvalue weighted by Gasteiger charge is 2.42. The standard InChI is InChI=1S/C34H48N2OS.C28H38N2S/c1-5-6-12-16-33(37)36(26-35)23-14-11-9-7-8-10-13-15-31-30-22-19-28(3)24-32(30)38-25-34(31,4)29-20-17-27(2)18-21-29;1-22-12-15-24(16-13-22)28(3)20-31-27-19-23(2)14-17-25(27)26(28)11-9-7-5-4-6-8-10-18-30-21-29/h17-22,24,31H,5-16,23,25H2,1-4H3;12-17,19,26,30H,4-11,18,20H2,1-3H3. The van der Waals surface area contributed by atoms with Gasteiger partial charge in [-0.25, -0.2) is 4.90 Å². The van der Waals surface area contributed by atoms with Crippen molar-refractivity contribution in [3.8, 4) is 12.4 Å². The number of hydrogen-bond acceptors (Lipinski definition) is 6. The summed E-state index contributed by atoms with van der Waals surface area (Å²) in [6.45, 7) is 17.3. The van der Waals surface area contributed by atoms with Gasteiger partial charge in [-0.3, -0.25) is 4.79 Å². The SMILES string of the molecule is CCCCCC(=O)N(C#N)CCCCCCCCCC1c2ccc(C)cc2SCC1(C)c1ccc(C)cc1.Cc1ccc(C2(C)CSc3cc(C)ccc3C2CCCCCCCCCNC#N)cc1. The van der Waals surface area contributed by atoms with E-state index in [2.05, 4.69) is 145 Å². The number of rotatable bonds is 26. The molecule has 5 nitrogen and oxygen atoms in total. The molecule has 4 aromatic carbocycles. The largest absolute Gasteiger partial charge is 0.324 e. The number of carbonyl (C=O) groups excluding carboxylic acids is 1. The molecule has 2 aliphatic rings. The molecule has 2 heterocycles. The van der Waals surface area contributed by atoms with E-state index in [1.165, 1.54) is 132 Å². The van der Waals surface area contributed by atoms with Crippen LogP contribution in [0.3, 0.4) is 0 Å². The van der Waals surface area contributed by atoms with Crippen LogP contribution in [-0.2, 0) is 15.6 Å². The zero-order chi connectivity index (χ0) is 49.5. The van der Waals surface area contributed by atoms with Crippen molar-refractivity contribution in [1.29, 1.82) is 10.5 Å². The number of fused-ring (bicyclic) bond motifs is 2. The molecule has 4 unspecified atom stereocenters. The first-order valence-corrected chi connectivity index (χ1v) is 28.8. The van der Waals surface area contributed by atoms with Crippen LogP contribution in [0.1, 0.15) is 206 Å². The third-order valence-electron chi connectivity index (χ3n) is 15.3. The summed E-state index contributed by atoms with van der Waals surface area (Å²) in [5.41, 5.74) is 11.8. The first kappa shape index (κ1) is 55.8. The molecule has 0 radical (unpaired) electrons. The van der Waals surface area contributed by atoms with Gasteiger partial charge in [-0.1, -0.05) is 206 Å². The third kappa shape index (κ3) is 16.7. The van der Waals surface area contributed by atoms with Crippen molar-refractivity contribution >= 4 is 29.4 Å². The Labute approximate surface area is 428 Å². The van der Waals surface area contributed by atoms with Gasteiger partial charge in [-0.2, -0.15) is 10.5 Å². The lowest BCUT2D eigenvalue weighted by atomic mass is 9.67. The number of nitriles is 2. The molecule has 0 saturated heterocycles. The number of carbonyl (C=O) groups is 1. The lowest BCUT2D eigenvalue weighted by molar-refractivity contribution is -0.128. The molecule has 372 valence electrons. The molecule has 0 saturated carbocycles. The summed E-state index contributed by atoms with van der Waals surface area (Å²) < 4.78 is 0. The molecule has 0 spiro atoms. The van der Waals surface area contributed by atoms with E-state index in [1.807, 2.05) is 29.7 Å². The molecule has 6 rings (SSSR count). The molecule has 4 atom stereocenters. The smallest absolute Gasteiger partial charge is 0.235 e. The number of amides is 1. The molecule has 1 N–H and O–H groups in total. The second-order valence-corrected chi connectivity index (χ2v) is 23.0. The second kappa shape index (κ2) is 29.2. The molecule has 2 aliphatic heterocycles. The zero-order valence-electron chi connectivity index (χ0n) is 43.8. The summed E-state index contributed by atoms with van der Waals surface area (Å²) in [5.74, 6) is 3.43. The number of nitrogens with one attached hydrogen (secondary N) is 1. The van der Waals surface area contributed by atoms with Crippen molar-refractivity contribution in [3.63, 3.8) is 0 Å². The highest BCUT2D eigenvalue weighted by molar-refractivity contribution is 7.99. The van der Waals surface area contributed by atoms with Gasteiger partial charge in [0, 0.05) is 51.6 Å². The van der Waals surface area contributed by atoms with Crippen molar-refractivity contribution in [2.24, 2.45) is 0 Å². The van der Waals surface area contributed by atoms with Crippen LogP contribution in [0.5, 0.6) is 0 Å². The van der Waals surface area contributed by atoms with Crippen molar-refractivity contribution in [2.75, 3.05) is 24.6 Å². The van der Waals surface area contributed by atoms with Crippen molar-refractivity contribution < 1.29 is 4.79 Å². The first-order chi connectivity index (χ1) is 33.4. The Morgan fingerprint density at radius 3 is 1.43 bits per heavy atom. The summed E-state index contributed by atoms with van der Waals surface area (Å²) in [6.07, 6.45) is 27.3. The van der Waals surface area contributed by atoms with E-state index in [1.54, 1.807) is 11.1 Å². The summed E-state index contributed by atoms with van der Waals surface area (Å²) in [6, 6.07) is 32.7. The van der Waals surface area contributed by atoms with Crippen LogP contribution < -0.4 is 5.32 Å². The maximum atomic E-state index is 12.2. The summed E-state index contributed by atoms with van der Waals surface area (Å²) in [7, 11) is 0. The molecule has 0 aliphatic carbocycles. The van der Waals surface area contributed by atoms with Crippen molar-refractivity contribution in [1.82, 2.24) is 10.2 Å². The molecule has 69 heavy (non-hydrogen) atoms.